The highest BCUT2D eigenvalue weighted by atomic mass is 16.5. The second-order valence-electron chi connectivity index (χ2n) is 6.72. The van der Waals surface area contributed by atoms with Crippen molar-refractivity contribution in [3.05, 3.63) is 59.6 Å². The Kier molecular flexibility index (Phi) is 5.93. The minimum Gasteiger partial charge on any atom is -0.468 e. The first-order chi connectivity index (χ1) is 13.5. The van der Waals surface area contributed by atoms with Gasteiger partial charge in [-0.15, -0.1) is 0 Å². The summed E-state index contributed by atoms with van der Waals surface area (Å²) in [6.45, 7) is 1.98. The maximum atomic E-state index is 12.0. The lowest BCUT2D eigenvalue weighted by molar-refractivity contribution is -0.139. The minimum absolute atomic E-state index is 0.202. The molecule has 1 aliphatic rings. The van der Waals surface area contributed by atoms with Crippen LogP contribution in [0.2, 0.25) is 0 Å². The van der Waals surface area contributed by atoms with Crippen molar-refractivity contribution < 1.29 is 23.5 Å². The second-order valence-corrected chi connectivity index (χ2v) is 6.72. The molecule has 7 heteroatoms. The molecule has 0 spiro atoms. The van der Waals surface area contributed by atoms with E-state index in [9.17, 15) is 14.4 Å². The van der Waals surface area contributed by atoms with Crippen molar-refractivity contribution in [1.82, 2.24) is 5.32 Å². The van der Waals surface area contributed by atoms with E-state index < -0.39 is 11.9 Å². The van der Waals surface area contributed by atoms with Gasteiger partial charge in [0.2, 0.25) is 5.91 Å². The Bertz CT molecular complexity index is 898. The van der Waals surface area contributed by atoms with Gasteiger partial charge in [0.1, 0.15) is 18.1 Å². The lowest BCUT2D eigenvalue weighted by Crippen LogP contribution is -2.30. The van der Waals surface area contributed by atoms with Crippen LogP contribution in [-0.4, -0.2) is 31.4 Å². The van der Waals surface area contributed by atoms with Gasteiger partial charge in [0.05, 0.1) is 7.11 Å². The molecule has 2 N–H and O–H groups in total. The number of amides is 2. The molecule has 28 heavy (non-hydrogen) atoms. The van der Waals surface area contributed by atoms with Gasteiger partial charge in [-0.25, -0.2) is 0 Å². The third kappa shape index (κ3) is 5.09. The van der Waals surface area contributed by atoms with Crippen LogP contribution in [0.5, 0.6) is 0 Å². The summed E-state index contributed by atoms with van der Waals surface area (Å²) in [7, 11) is 1.25. The van der Waals surface area contributed by atoms with Crippen molar-refractivity contribution in [2.24, 2.45) is 5.92 Å². The zero-order chi connectivity index (χ0) is 20.1. The fourth-order valence-corrected chi connectivity index (χ4v) is 2.75. The van der Waals surface area contributed by atoms with Crippen molar-refractivity contribution >= 4 is 29.5 Å². The van der Waals surface area contributed by atoms with Crippen LogP contribution in [0.25, 0.3) is 6.08 Å². The fourth-order valence-electron chi connectivity index (χ4n) is 2.75. The quantitative estimate of drug-likeness (QED) is 0.567. The van der Waals surface area contributed by atoms with Crippen molar-refractivity contribution in [3.8, 4) is 0 Å². The fraction of sp³-hybridized carbons (Fsp3) is 0.286. The number of carbonyl (C=O) groups is 3. The van der Waals surface area contributed by atoms with Crippen LogP contribution in [0.3, 0.4) is 0 Å². The van der Waals surface area contributed by atoms with Crippen LogP contribution in [0.15, 0.2) is 46.9 Å². The molecule has 2 atom stereocenters. The maximum absolute atomic E-state index is 12.0. The highest BCUT2D eigenvalue weighted by Gasteiger charge is 2.36. The van der Waals surface area contributed by atoms with Crippen molar-refractivity contribution in [2.45, 2.75) is 19.3 Å². The van der Waals surface area contributed by atoms with Gasteiger partial charge in [0.25, 0.3) is 5.91 Å². The number of nitrogens with one attached hydrogen (secondary N) is 2. The van der Waals surface area contributed by atoms with Crippen LogP contribution in [0, 0.1) is 5.92 Å². The van der Waals surface area contributed by atoms with Crippen LogP contribution in [0.1, 0.15) is 41.1 Å². The number of furan rings is 1. The van der Waals surface area contributed by atoms with E-state index in [0.29, 0.717) is 28.8 Å². The smallest absolute Gasteiger partial charge is 0.325 e. The first kappa shape index (κ1) is 19.4. The number of ether oxygens (including phenoxy) is 1. The minimum atomic E-state index is -0.528. The van der Waals surface area contributed by atoms with Gasteiger partial charge in [-0.2, -0.15) is 0 Å². The summed E-state index contributed by atoms with van der Waals surface area (Å²) in [6, 6.07) is 10.1. The molecule has 7 nitrogen and oxygen atoms in total. The molecule has 2 aromatic rings. The lowest BCUT2D eigenvalue weighted by atomic mass is 10.2. The standard InChI is InChI=1S/C21H22N2O5/c1-13-11-17(13)18-9-7-16(28-18)8-10-19(24)23-15-5-3-14(4-6-15)21(26)22-12-20(25)27-2/h3-10,13,17H,11-12H2,1-2H3,(H,22,26)(H,23,24)/b10-8+. The van der Waals surface area contributed by atoms with Gasteiger partial charge < -0.3 is 19.8 Å². The van der Waals surface area contributed by atoms with E-state index in [0.717, 1.165) is 12.2 Å². The van der Waals surface area contributed by atoms with Crippen molar-refractivity contribution in [1.29, 1.82) is 0 Å². The van der Waals surface area contributed by atoms with E-state index >= 15 is 0 Å². The molecule has 1 aromatic heterocycles. The average molecular weight is 382 g/mol. The van der Waals surface area contributed by atoms with Crippen LogP contribution >= 0.6 is 0 Å². The third-order valence-corrected chi connectivity index (χ3v) is 4.56. The molecule has 2 amide bonds. The lowest BCUT2D eigenvalue weighted by Gasteiger charge is -2.06. The highest BCUT2D eigenvalue weighted by molar-refractivity contribution is 6.02. The van der Waals surface area contributed by atoms with Crippen LogP contribution in [-0.2, 0) is 14.3 Å². The predicted octanol–water partition coefficient (Wildman–Crippen LogP) is 2.96. The van der Waals surface area contributed by atoms with Gasteiger partial charge in [0, 0.05) is 23.2 Å². The van der Waals surface area contributed by atoms with Gasteiger partial charge in [0.15, 0.2) is 0 Å². The van der Waals surface area contributed by atoms with Gasteiger partial charge in [-0.3, -0.25) is 14.4 Å². The number of anilines is 1. The number of hydrogen-bond acceptors (Lipinski definition) is 5. The largest absolute Gasteiger partial charge is 0.468 e. The summed E-state index contributed by atoms with van der Waals surface area (Å²) in [5.74, 6) is 1.54. The first-order valence-electron chi connectivity index (χ1n) is 9.00. The topological polar surface area (TPSA) is 97.6 Å². The van der Waals surface area contributed by atoms with E-state index in [4.69, 9.17) is 4.42 Å². The molecule has 0 radical (unpaired) electrons. The number of rotatable bonds is 7. The number of esters is 1. The normalized spacial score (nSPS) is 17.9. The first-order valence-corrected chi connectivity index (χ1v) is 9.00. The number of carbonyl (C=O) groups excluding carboxylic acids is 3. The zero-order valence-electron chi connectivity index (χ0n) is 15.7. The Morgan fingerprint density at radius 2 is 1.89 bits per heavy atom. The molecule has 0 aliphatic heterocycles. The summed E-state index contributed by atoms with van der Waals surface area (Å²) in [4.78, 5) is 35.0. The van der Waals surface area contributed by atoms with E-state index in [2.05, 4.69) is 22.3 Å². The highest BCUT2D eigenvalue weighted by Crippen LogP contribution is 2.47. The predicted molar refractivity (Wildman–Crippen MR) is 104 cm³/mol. The van der Waals surface area contributed by atoms with Gasteiger partial charge >= 0.3 is 5.97 Å². The van der Waals surface area contributed by atoms with E-state index in [1.54, 1.807) is 30.3 Å². The zero-order valence-corrected chi connectivity index (χ0v) is 15.7. The molecular formula is C21H22N2O5. The van der Waals surface area contributed by atoms with Crippen molar-refractivity contribution in [3.63, 3.8) is 0 Å². The molecule has 2 unspecified atom stereocenters. The van der Waals surface area contributed by atoms with Gasteiger partial charge in [-0.1, -0.05) is 6.92 Å². The summed E-state index contributed by atoms with van der Waals surface area (Å²) >= 11 is 0. The maximum Gasteiger partial charge on any atom is 0.325 e. The Hall–Kier alpha value is -3.35. The van der Waals surface area contributed by atoms with E-state index in [1.165, 1.54) is 13.2 Å². The third-order valence-electron chi connectivity index (χ3n) is 4.56. The molecule has 0 bridgehead atoms. The van der Waals surface area contributed by atoms with Crippen molar-refractivity contribution in [2.75, 3.05) is 19.0 Å². The Labute approximate surface area is 162 Å². The van der Waals surface area contributed by atoms with E-state index in [1.807, 2.05) is 12.1 Å². The molecular weight excluding hydrogens is 360 g/mol. The molecule has 3 rings (SSSR count). The summed E-state index contributed by atoms with van der Waals surface area (Å²) in [5, 5.41) is 5.16. The molecule has 0 saturated heterocycles. The molecule has 1 heterocycles. The number of benzene rings is 1. The van der Waals surface area contributed by atoms with Crippen LogP contribution < -0.4 is 10.6 Å². The number of methoxy groups -OCH3 is 1. The molecule has 1 fully saturated rings. The summed E-state index contributed by atoms with van der Waals surface area (Å²) in [5.41, 5.74) is 0.918. The monoisotopic (exact) mass is 382 g/mol. The van der Waals surface area contributed by atoms with Gasteiger partial charge in [-0.05, 0) is 54.8 Å². The SMILES string of the molecule is COC(=O)CNC(=O)c1ccc(NC(=O)/C=C/c2ccc(C3CC3C)o2)cc1. The summed E-state index contributed by atoms with van der Waals surface area (Å²) in [6.07, 6.45) is 4.17. The molecule has 1 aromatic carbocycles. The Morgan fingerprint density at radius 3 is 2.54 bits per heavy atom. The molecule has 1 aliphatic carbocycles. The number of hydrogen-bond donors (Lipinski definition) is 2. The second kappa shape index (κ2) is 8.56. The van der Waals surface area contributed by atoms with Crippen LogP contribution in [0.4, 0.5) is 5.69 Å². The molecule has 1 saturated carbocycles. The molecule has 146 valence electrons. The average Bonchev–Trinajstić information content (AvgIpc) is 3.24. The Balaban J connectivity index is 1.50. The Morgan fingerprint density at radius 1 is 1.18 bits per heavy atom. The van der Waals surface area contributed by atoms with E-state index in [-0.39, 0.29) is 12.5 Å². The summed E-state index contributed by atoms with van der Waals surface area (Å²) < 4.78 is 10.2.